The van der Waals surface area contributed by atoms with Gasteiger partial charge in [0.25, 0.3) is 0 Å². The molecule has 0 heterocycles. The van der Waals surface area contributed by atoms with Crippen LogP contribution >= 0.6 is 0 Å². The summed E-state index contributed by atoms with van der Waals surface area (Å²) in [6.45, 7) is 1.87. The smallest absolute Gasteiger partial charge is 0.123 e. The van der Waals surface area contributed by atoms with Gasteiger partial charge in [0.05, 0.1) is 0 Å². The fourth-order valence-corrected chi connectivity index (χ4v) is 1.82. The number of ether oxygens (including phenoxy) is 1. The van der Waals surface area contributed by atoms with Crippen LogP contribution in [0.25, 0.3) is 0 Å². The molecule has 0 radical (unpaired) electrons. The van der Waals surface area contributed by atoms with Crippen molar-refractivity contribution in [3.8, 4) is 5.75 Å². The van der Waals surface area contributed by atoms with Gasteiger partial charge >= 0.3 is 0 Å². The molecule has 1 aromatic rings. The normalized spacial score (nSPS) is 24.7. The zero-order chi connectivity index (χ0) is 10.8. The Balaban J connectivity index is 1.94. The summed E-state index contributed by atoms with van der Waals surface area (Å²) < 4.78 is 18.6. The van der Waals surface area contributed by atoms with Crippen molar-refractivity contribution in [3.05, 3.63) is 29.6 Å². The van der Waals surface area contributed by atoms with Gasteiger partial charge in [0.1, 0.15) is 17.7 Å². The molecule has 0 amide bonds. The van der Waals surface area contributed by atoms with Gasteiger partial charge < -0.3 is 10.1 Å². The number of rotatable bonds is 3. The predicted molar refractivity (Wildman–Crippen MR) is 57.6 cm³/mol. The second kappa shape index (κ2) is 4.19. The molecule has 1 fully saturated rings. The van der Waals surface area contributed by atoms with Crippen LogP contribution in [-0.2, 0) is 0 Å². The Morgan fingerprint density at radius 3 is 2.73 bits per heavy atom. The summed E-state index contributed by atoms with van der Waals surface area (Å²) in [7, 11) is 1.96. The maximum atomic E-state index is 12.8. The Morgan fingerprint density at radius 2 is 2.13 bits per heavy atom. The Bertz CT molecular complexity index is 347. The zero-order valence-electron chi connectivity index (χ0n) is 9.09. The molecule has 1 aliphatic carbocycles. The van der Waals surface area contributed by atoms with E-state index >= 15 is 0 Å². The van der Waals surface area contributed by atoms with Crippen LogP contribution < -0.4 is 10.1 Å². The van der Waals surface area contributed by atoms with Crippen molar-refractivity contribution in [2.75, 3.05) is 7.05 Å². The summed E-state index contributed by atoms with van der Waals surface area (Å²) in [5.41, 5.74) is 0.864. The van der Waals surface area contributed by atoms with Crippen LogP contribution in [0, 0.1) is 12.7 Å². The van der Waals surface area contributed by atoms with Gasteiger partial charge in [0.15, 0.2) is 0 Å². The molecule has 3 heteroatoms. The third kappa shape index (κ3) is 2.29. The molecule has 82 valence electrons. The molecule has 0 spiro atoms. The average Bonchev–Trinajstić information content (AvgIpc) is 2.13. The first kappa shape index (κ1) is 10.4. The summed E-state index contributed by atoms with van der Waals surface area (Å²) in [5, 5.41) is 3.20. The molecule has 2 nitrogen and oxygen atoms in total. The largest absolute Gasteiger partial charge is 0.490 e. The van der Waals surface area contributed by atoms with Gasteiger partial charge in [-0.25, -0.2) is 4.39 Å². The van der Waals surface area contributed by atoms with Crippen molar-refractivity contribution in [1.82, 2.24) is 5.32 Å². The molecule has 1 saturated carbocycles. The molecule has 2 rings (SSSR count). The van der Waals surface area contributed by atoms with E-state index in [9.17, 15) is 4.39 Å². The van der Waals surface area contributed by atoms with Gasteiger partial charge in [-0.3, -0.25) is 0 Å². The first-order valence-electron chi connectivity index (χ1n) is 5.29. The van der Waals surface area contributed by atoms with Crippen LogP contribution in [0.5, 0.6) is 5.75 Å². The number of hydrogen-bond acceptors (Lipinski definition) is 2. The Hall–Kier alpha value is -1.09. The first-order valence-corrected chi connectivity index (χ1v) is 5.29. The van der Waals surface area contributed by atoms with Crippen molar-refractivity contribution in [1.29, 1.82) is 0 Å². The molecular formula is C12H16FNO. The van der Waals surface area contributed by atoms with E-state index in [-0.39, 0.29) is 11.9 Å². The maximum absolute atomic E-state index is 12.8. The van der Waals surface area contributed by atoms with Crippen LogP contribution in [0.2, 0.25) is 0 Å². The molecular weight excluding hydrogens is 193 g/mol. The Labute approximate surface area is 89.4 Å². The minimum Gasteiger partial charge on any atom is -0.490 e. The molecule has 0 aliphatic heterocycles. The molecule has 15 heavy (non-hydrogen) atoms. The number of nitrogens with one attached hydrogen (secondary N) is 1. The van der Waals surface area contributed by atoms with E-state index in [0.717, 1.165) is 24.2 Å². The second-order valence-electron chi connectivity index (χ2n) is 4.11. The van der Waals surface area contributed by atoms with Gasteiger partial charge in [-0.15, -0.1) is 0 Å². The highest BCUT2D eigenvalue weighted by atomic mass is 19.1. The second-order valence-corrected chi connectivity index (χ2v) is 4.11. The van der Waals surface area contributed by atoms with Gasteiger partial charge in [0, 0.05) is 6.04 Å². The average molecular weight is 209 g/mol. The minimum absolute atomic E-state index is 0.207. The van der Waals surface area contributed by atoms with E-state index in [4.69, 9.17) is 4.74 Å². The molecule has 1 aromatic carbocycles. The SMILES string of the molecule is CNC1CC(Oc2ccc(F)cc2C)C1. The lowest BCUT2D eigenvalue weighted by molar-refractivity contribution is 0.0877. The number of halogens is 1. The third-order valence-corrected chi connectivity index (χ3v) is 2.93. The number of hydrogen-bond donors (Lipinski definition) is 1. The van der Waals surface area contributed by atoms with E-state index in [1.165, 1.54) is 12.1 Å². The van der Waals surface area contributed by atoms with Gasteiger partial charge in [-0.05, 0) is 50.6 Å². The van der Waals surface area contributed by atoms with E-state index < -0.39 is 0 Å². The molecule has 0 bridgehead atoms. The summed E-state index contributed by atoms with van der Waals surface area (Å²) in [4.78, 5) is 0. The van der Waals surface area contributed by atoms with Crippen molar-refractivity contribution in [3.63, 3.8) is 0 Å². The number of benzene rings is 1. The molecule has 1 aliphatic rings. The fraction of sp³-hybridized carbons (Fsp3) is 0.500. The molecule has 0 saturated heterocycles. The highest BCUT2D eigenvalue weighted by Gasteiger charge is 2.29. The van der Waals surface area contributed by atoms with E-state index in [0.29, 0.717) is 6.04 Å². The monoisotopic (exact) mass is 209 g/mol. The van der Waals surface area contributed by atoms with E-state index in [2.05, 4.69) is 5.32 Å². The van der Waals surface area contributed by atoms with Gasteiger partial charge in [-0.2, -0.15) is 0 Å². The van der Waals surface area contributed by atoms with E-state index in [1.807, 2.05) is 14.0 Å². The lowest BCUT2D eigenvalue weighted by atomic mass is 9.89. The van der Waals surface area contributed by atoms with Crippen LogP contribution in [-0.4, -0.2) is 19.2 Å². The van der Waals surface area contributed by atoms with Crippen LogP contribution in [0.4, 0.5) is 4.39 Å². The predicted octanol–water partition coefficient (Wildman–Crippen LogP) is 2.26. The maximum Gasteiger partial charge on any atom is 0.123 e. The zero-order valence-corrected chi connectivity index (χ0v) is 9.09. The first-order chi connectivity index (χ1) is 7.19. The van der Waals surface area contributed by atoms with Crippen LogP contribution in [0.15, 0.2) is 18.2 Å². The van der Waals surface area contributed by atoms with Crippen molar-refractivity contribution in [2.45, 2.75) is 31.9 Å². The summed E-state index contributed by atoms with van der Waals surface area (Å²) in [6.07, 6.45) is 2.35. The Kier molecular flexibility index (Phi) is 2.91. The van der Waals surface area contributed by atoms with Crippen LogP contribution in [0.3, 0.4) is 0 Å². The van der Waals surface area contributed by atoms with Crippen LogP contribution in [0.1, 0.15) is 18.4 Å². The number of aryl methyl sites for hydroxylation is 1. The van der Waals surface area contributed by atoms with Crippen molar-refractivity contribution < 1.29 is 9.13 Å². The summed E-state index contributed by atoms with van der Waals surface area (Å²) in [5.74, 6) is 0.595. The minimum atomic E-state index is -0.207. The standard InChI is InChI=1S/C12H16FNO/c1-8-5-9(13)3-4-12(8)15-11-6-10(7-11)14-2/h3-5,10-11,14H,6-7H2,1-2H3. The molecule has 0 atom stereocenters. The molecule has 1 N–H and O–H groups in total. The third-order valence-electron chi connectivity index (χ3n) is 2.93. The lowest BCUT2D eigenvalue weighted by Crippen LogP contribution is -2.45. The van der Waals surface area contributed by atoms with Gasteiger partial charge in [-0.1, -0.05) is 0 Å². The highest BCUT2D eigenvalue weighted by Crippen LogP contribution is 2.27. The fourth-order valence-electron chi connectivity index (χ4n) is 1.82. The summed E-state index contributed by atoms with van der Waals surface area (Å²) >= 11 is 0. The Morgan fingerprint density at radius 1 is 1.40 bits per heavy atom. The lowest BCUT2D eigenvalue weighted by Gasteiger charge is -2.35. The van der Waals surface area contributed by atoms with Crippen molar-refractivity contribution >= 4 is 0 Å². The van der Waals surface area contributed by atoms with E-state index in [1.54, 1.807) is 6.07 Å². The summed E-state index contributed by atoms with van der Waals surface area (Å²) in [6, 6.07) is 5.23. The molecule has 0 aromatic heterocycles. The van der Waals surface area contributed by atoms with Gasteiger partial charge in [0.2, 0.25) is 0 Å². The quantitative estimate of drug-likeness (QED) is 0.824. The topological polar surface area (TPSA) is 21.3 Å². The highest BCUT2D eigenvalue weighted by molar-refractivity contribution is 5.32. The van der Waals surface area contributed by atoms with Crippen molar-refractivity contribution in [2.24, 2.45) is 0 Å². The molecule has 0 unspecified atom stereocenters.